The number of aromatic nitrogens is 4. The van der Waals surface area contributed by atoms with Gasteiger partial charge in [-0.2, -0.15) is 5.10 Å². The van der Waals surface area contributed by atoms with E-state index in [-0.39, 0.29) is 12.5 Å². The Balaban J connectivity index is 1.67. The minimum atomic E-state index is -0.180. The molecule has 0 saturated heterocycles. The highest BCUT2D eigenvalue weighted by atomic mass is 32.1. The molecule has 4 rings (SSSR count). The molecule has 1 amide bonds. The third kappa shape index (κ3) is 4.03. The lowest BCUT2D eigenvalue weighted by molar-refractivity contribution is 0.0954. The lowest BCUT2D eigenvalue weighted by Gasteiger charge is -2.06. The number of carbonyl (C=O) groups excluding carboxylic acids is 1. The second kappa shape index (κ2) is 8.50. The molecule has 2 N–H and O–H groups in total. The first-order valence-electron chi connectivity index (χ1n) is 9.21. The van der Waals surface area contributed by atoms with Gasteiger partial charge in [0.05, 0.1) is 12.2 Å². The van der Waals surface area contributed by atoms with Gasteiger partial charge in [-0.25, -0.2) is 4.98 Å². The quantitative estimate of drug-likeness (QED) is 0.443. The molecule has 0 bridgehead atoms. The molecule has 8 heteroatoms. The molecule has 0 atom stereocenters. The predicted molar refractivity (Wildman–Crippen MR) is 117 cm³/mol. The Morgan fingerprint density at radius 2 is 1.76 bits per heavy atom. The average Bonchev–Trinajstić information content (AvgIpc) is 3.37. The van der Waals surface area contributed by atoms with E-state index >= 15 is 0 Å². The van der Waals surface area contributed by atoms with Gasteiger partial charge in [-0.15, -0.1) is 11.3 Å². The van der Waals surface area contributed by atoms with Gasteiger partial charge in [-0.05, 0) is 19.1 Å². The predicted octanol–water partition coefficient (Wildman–Crippen LogP) is 4.68. The Bertz CT molecular complexity index is 1180. The van der Waals surface area contributed by atoms with E-state index in [4.69, 9.17) is 17.2 Å². The van der Waals surface area contributed by atoms with E-state index in [0.29, 0.717) is 27.7 Å². The number of aromatic amines is 1. The van der Waals surface area contributed by atoms with E-state index in [2.05, 4.69) is 15.5 Å². The van der Waals surface area contributed by atoms with Crippen LogP contribution in [0.1, 0.15) is 22.4 Å². The molecule has 0 unspecified atom stereocenters. The van der Waals surface area contributed by atoms with E-state index < -0.39 is 0 Å². The fraction of sp³-hybridized carbons (Fsp3) is 0.143. The van der Waals surface area contributed by atoms with Crippen molar-refractivity contribution in [3.63, 3.8) is 0 Å². The normalized spacial score (nSPS) is 10.8. The van der Waals surface area contributed by atoms with Gasteiger partial charge in [0.15, 0.2) is 10.6 Å². The van der Waals surface area contributed by atoms with Crippen LogP contribution in [0.2, 0.25) is 0 Å². The maximum absolute atomic E-state index is 13.0. The van der Waals surface area contributed by atoms with E-state index in [9.17, 15) is 4.79 Å². The molecular formula is C21H19N5OS2. The summed E-state index contributed by atoms with van der Waals surface area (Å²) in [6.45, 7) is 2.96. The van der Waals surface area contributed by atoms with Crippen LogP contribution in [0, 0.1) is 4.77 Å². The molecular weight excluding hydrogens is 402 g/mol. The lowest BCUT2D eigenvalue weighted by atomic mass is 10.1. The molecule has 0 saturated carbocycles. The Morgan fingerprint density at radius 3 is 2.41 bits per heavy atom. The van der Waals surface area contributed by atoms with Gasteiger partial charge in [0.1, 0.15) is 9.88 Å². The number of rotatable bonds is 6. The molecule has 2 heterocycles. The van der Waals surface area contributed by atoms with Crippen molar-refractivity contribution in [2.75, 3.05) is 0 Å². The summed E-state index contributed by atoms with van der Waals surface area (Å²) >= 11 is 6.60. The number of benzene rings is 2. The first kappa shape index (κ1) is 19.2. The molecule has 6 nitrogen and oxygen atoms in total. The molecule has 4 aromatic rings. The third-order valence-electron chi connectivity index (χ3n) is 4.46. The van der Waals surface area contributed by atoms with Crippen LogP contribution >= 0.6 is 23.6 Å². The van der Waals surface area contributed by atoms with Gasteiger partial charge < -0.3 is 9.88 Å². The van der Waals surface area contributed by atoms with Crippen LogP contribution in [0.3, 0.4) is 0 Å². The van der Waals surface area contributed by atoms with Gasteiger partial charge in [0.2, 0.25) is 0 Å². The van der Waals surface area contributed by atoms with Crippen molar-refractivity contribution >= 4 is 29.5 Å². The Labute approximate surface area is 177 Å². The highest BCUT2D eigenvalue weighted by molar-refractivity contribution is 7.71. The van der Waals surface area contributed by atoms with Gasteiger partial charge >= 0.3 is 0 Å². The van der Waals surface area contributed by atoms with Crippen LogP contribution in [0.15, 0.2) is 60.7 Å². The minimum absolute atomic E-state index is 0.180. The number of H-pyrrole nitrogens is 1. The maximum atomic E-state index is 13.0. The summed E-state index contributed by atoms with van der Waals surface area (Å²) in [6.07, 6.45) is 0. The summed E-state index contributed by atoms with van der Waals surface area (Å²) in [5, 5.41) is 10.7. The fourth-order valence-corrected chi connectivity index (χ4v) is 4.31. The zero-order valence-electron chi connectivity index (χ0n) is 15.8. The number of hydrogen-bond donors (Lipinski definition) is 2. The Kier molecular flexibility index (Phi) is 5.64. The molecule has 0 fully saturated rings. The number of thiazole rings is 1. The number of amides is 1. The highest BCUT2D eigenvalue weighted by Crippen LogP contribution is 2.33. The summed E-state index contributed by atoms with van der Waals surface area (Å²) in [5.41, 5.74) is 2.58. The van der Waals surface area contributed by atoms with Gasteiger partial charge in [0, 0.05) is 17.7 Å². The second-order valence-corrected chi connectivity index (χ2v) is 7.69. The number of carbonyl (C=O) groups is 1. The zero-order valence-corrected chi connectivity index (χ0v) is 17.4. The van der Waals surface area contributed by atoms with E-state index in [1.54, 1.807) is 0 Å². The maximum Gasteiger partial charge on any atom is 0.264 e. The highest BCUT2D eigenvalue weighted by Gasteiger charge is 2.20. The number of hydrogen-bond acceptors (Lipinski definition) is 5. The monoisotopic (exact) mass is 421 g/mol. The average molecular weight is 422 g/mol. The van der Waals surface area contributed by atoms with Crippen LogP contribution in [0.25, 0.3) is 21.8 Å². The molecule has 2 aromatic heterocycles. The van der Waals surface area contributed by atoms with Crippen LogP contribution in [-0.4, -0.2) is 25.7 Å². The Morgan fingerprint density at radius 1 is 1.10 bits per heavy atom. The first-order valence-corrected chi connectivity index (χ1v) is 10.4. The van der Waals surface area contributed by atoms with Gasteiger partial charge in [-0.3, -0.25) is 9.89 Å². The summed E-state index contributed by atoms with van der Waals surface area (Å²) in [7, 11) is 0. The molecule has 0 aliphatic rings. The second-order valence-electron chi connectivity index (χ2n) is 6.30. The van der Waals surface area contributed by atoms with Crippen LogP contribution < -0.4 is 5.32 Å². The van der Waals surface area contributed by atoms with Crippen molar-refractivity contribution in [1.29, 1.82) is 0 Å². The summed E-state index contributed by atoms with van der Waals surface area (Å²) < 4.78 is 2.40. The topological polar surface area (TPSA) is 75.6 Å². The molecule has 146 valence electrons. The van der Waals surface area contributed by atoms with Crippen molar-refractivity contribution in [3.05, 3.63) is 76.1 Å². The molecule has 0 aliphatic heterocycles. The van der Waals surface area contributed by atoms with E-state index in [0.717, 1.165) is 16.1 Å². The summed E-state index contributed by atoms with van der Waals surface area (Å²) in [6, 6.07) is 19.6. The van der Waals surface area contributed by atoms with Crippen LogP contribution in [-0.2, 0) is 13.1 Å². The smallest absolute Gasteiger partial charge is 0.264 e. The van der Waals surface area contributed by atoms with Crippen molar-refractivity contribution in [2.45, 2.75) is 20.0 Å². The van der Waals surface area contributed by atoms with Crippen molar-refractivity contribution < 1.29 is 4.79 Å². The summed E-state index contributed by atoms with van der Waals surface area (Å²) in [5.74, 6) is 0.514. The lowest BCUT2D eigenvalue weighted by Crippen LogP contribution is -2.24. The summed E-state index contributed by atoms with van der Waals surface area (Å²) in [4.78, 5) is 18.4. The molecule has 2 aromatic carbocycles. The zero-order chi connectivity index (χ0) is 20.2. The number of nitrogens with zero attached hydrogens (tertiary/aromatic N) is 3. The molecule has 29 heavy (non-hydrogen) atoms. The van der Waals surface area contributed by atoms with E-state index in [1.165, 1.54) is 11.3 Å². The van der Waals surface area contributed by atoms with Gasteiger partial charge in [-0.1, -0.05) is 60.7 Å². The Hall–Kier alpha value is -3.10. The minimum Gasteiger partial charge on any atom is -0.344 e. The fourth-order valence-electron chi connectivity index (χ4n) is 3.02. The number of nitrogens with one attached hydrogen (secondary N) is 2. The molecule has 0 spiro atoms. The van der Waals surface area contributed by atoms with Crippen molar-refractivity contribution in [2.24, 2.45) is 0 Å². The van der Waals surface area contributed by atoms with E-state index in [1.807, 2.05) is 72.2 Å². The largest absolute Gasteiger partial charge is 0.344 e. The van der Waals surface area contributed by atoms with Gasteiger partial charge in [0.25, 0.3) is 5.91 Å². The van der Waals surface area contributed by atoms with Crippen LogP contribution in [0.5, 0.6) is 0 Å². The third-order valence-corrected chi connectivity index (χ3v) is 5.88. The molecule has 0 radical (unpaired) electrons. The SMILES string of the molecule is CCn1c(CNC(=O)c2sc(-c3ccccc3)nc2-c2ccccc2)n[nH]c1=S. The van der Waals surface area contributed by atoms with Crippen molar-refractivity contribution in [3.8, 4) is 21.8 Å². The standard InChI is InChI=1S/C21H19N5OS2/c1-2-26-16(24-25-21(26)28)13-22-19(27)18-17(14-9-5-3-6-10-14)23-20(29-18)15-11-7-4-8-12-15/h3-12H,2,13H2,1H3,(H,22,27)(H,25,28). The first-order chi connectivity index (χ1) is 14.2. The molecule has 0 aliphatic carbocycles. The van der Waals surface area contributed by atoms with Crippen molar-refractivity contribution in [1.82, 2.24) is 25.1 Å². The van der Waals surface area contributed by atoms with Crippen LogP contribution in [0.4, 0.5) is 0 Å².